The molecule has 0 saturated heterocycles. The van der Waals surface area contributed by atoms with Crippen molar-refractivity contribution in [2.24, 2.45) is 0 Å². The average molecular weight is 459 g/mol. The van der Waals surface area contributed by atoms with E-state index in [2.05, 4.69) is 10.0 Å². The van der Waals surface area contributed by atoms with Crippen molar-refractivity contribution in [2.45, 2.75) is 25.3 Å². The molecule has 0 heterocycles. The van der Waals surface area contributed by atoms with E-state index >= 15 is 0 Å². The maximum absolute atomic E-state index is 12.7. The summed E-state index contributed by atoms with van der Waals surface area (Å²) in [6.07, 6.45) is 0. The van der Waals surface area contributed by atoms with Crippen molar-refractivity contribution in [2.75, 3.05) is 11.3 Å². The highest BCUT2D eigenvalue weighted by atomic mass is 35.5. The number of carbonyl (C=O) groups is 1. The fourth-order valence-corrected chi connectivity index (χ4v) is 4.14. The number of sulfonamides is 1. The van der Waals surface area contributed by atoms with Gasteiger partial charge in [0.25, 0.3) is 15.9 Å². The summed E-state index contributed by atoms with van der Waals surface area (Å²) in [5.41, 5.74) is 2.24. The molecule has 0 unspecified atom stereocenters. The van der Waals surface area contributed by atoms with Crippen LogP contribution in [0.5, 0.6) is 5.75 Å². The molecule has 0 bridgehead atoms. The first-order valence-electron chi connectivity index (χ1n) is 9.67. The predicted molar refractivity (Wildman–Crippen MR) is 122 cm³/mol. The van der Waals surface area contributed by atoms with Gasteiger partial charge in [0.2, 0.25) is 0 Å². The second-order valence-electron chi connectivity index (χ2n) is 6.88. The molecule has 6 nitrogen and oxygen atoms in total. The van der Waals surface area contributed by atoms with Gasteiger partial charge in [-0.25, -0.2) is 8.42 Å². The van der Waals surface area contributed by atoms with Gasteiger partial charge in [0.1, 0.15) is 5.75 Å². The number of aryl methyl sites for hydroxylation is 1. The Morgan fingerprint density at radius 3 is 2.48 bits per heavy atom. The van der Waals surface area contributed by atoms with Gasteiger partial charge < -0.3 is 10.1 Å². The highest BCUT2D eigenvalue weighted by Gasteiger charge is 2.17. The summed E-state index contributed by atoms with van der Waals surface area (Å²) in [4.78, 5) is 12.8. The summed E-state index contributed by atoms with van der Waals surface area (Å²) in [7, 11) is -3.79. The van der Waals surface area contributed by atoms with Gasteiger partial charge in [0.15, 0.2) is 0 Å². The molecule has 0 fully saturated rings. The molecule has 0 atom stereocenters. The lowest BCUT2D eigenvalue weighted by Gasteiger charge is -2.12. The van der Waals surface area contributed by atoms with Gasteiger partial charge in [-0.1, -0.05) is 41.4 Å². The van der Waals surface area contributed by atoms with Crippen molar-refractivity contribution < 1.29 is 17.9 Å². The van der Waals surface area contributed by atoms with Gasteiger partial charge in [-0.2, -0.15) is 0 Å². The van der Waals surface area contributed by atoms with Crippen LogP contribution < -0.4 is 14.8 Å². The van der Waals surface area contributed by atoms with Crippen LogP contribution in [-0.2, 0) is 16.6 Å². The number of hydrogen-bond donors (Lipinski definition) is 2. The Kier molecular flexibility index (Phi) is 7.20. The molecule has 2 N–H and O–H groups in total. The van der Waals surface area contributed by atoms with Gasteiger partial charge in [0, 0.05) is 12.2 Å². The first-order chi connectivity index (χ1) is 14.8. The van der Waals surface area contributed by atoms with E-state index < -0.39 is 15.9 Å². The topological polar surface area (TPSA) is 84.5 Å². The van der Waals surface area contributed by atoms with Crippen molar-refractivity contribution in [1.82, 2.24) is 5.32 Å². The normalized spacial score (nSPS) is 11.1. The zero-order valence-corrected chi connectivity index (χ0v) is 18.8. The molecule has 3 rings (SSSR count). The SMILES string of the molecule is CCOc1cccc(CNC(=O)c2cc(NS(=O)(=O)c3ccc(C)cc3)ccc2Cl)c1. The minimum Gasteiger partial charge on any atom is -0.494 e. The lowest BCUT2D eigenvalue weighted by Crippen LogP contribution is -2.23. The second-order valence-corrected chi connectivity index (χ2v) is 8.97. The van der Waals surface area contributed by atoms with E-state index in [9.17, 15) is 13.2 Å². The van der Waals surface area contributed by atoms with Crippen LogP contribution in [0.2, 0.25) is 5.02 Å². The zero-order valence-electron chi connectivity index (χ0n) is 17.2. The van der Waals surface area contributed by atoms with Gasteiger partial charge in [-0.15, -0.1) is 0 Å². The van der Waals surface area contributed by atoms with Gasteiger partial charge >= 0.3 is 0 Å². The van der Waals surface area contributed by atoms with Gasteiger partial charge in [0.05, 0.1) is 22.1 Å². The molecule has 0 aliphatic heterocycles. The lowest BCUT2D eigenvalue weighted by atomic mass is 10.1. The van der Waals surface area contributed by atoms with E-state index in [1.807, 2.05) is 38.1 Å². The Bertz CT molecular complexity index is 1180. The Hall–Kier alpha value is -3.03. The zero-order chi connectivity index (χ0) is 22.4. The van der Waals surface area contributed by atoms with Crippen LogP contribution in [0.15, 0.2) is 71.6 Å². The number of ether oxygens (including phenoxy) is 1. The summed E-state index contributed by atoms with van der Waals surface area (Å²) in [5, 5.41) is 3.02. The van der Waals surface area contributed by atoms with Crippen LogP contribution in [0.4, 0.5) is 5.69 Å². The third kappa shape index (κ3) is 5.99. The molecular weight excluding hydrogens is 436 g/mol. The molecule has 0 saturated carbocycles. The summed E-state index contributed by atoms with van der Waals surface area (Å²) in [6.45, 7) is 4.60. The number of nitrogens with one attached hydrogen (secondary N) is 2. The molecule has 0 aliphatic rings. The Morgan fingerprint density at radius 2 is 1.77 bits per heavy atom. The second kappa shape index (κ2) is 9.85. The van der Waals surface area contributed by atoms with Crippen molar-refractivity contribution in [3.05, 3.63) is 88.4 Å². The number of hydrogen-bond acceptors (Lipinski definition) is 4. The van der Waals surface area contributed by atoms with Gasteiger partial charge in [-0.05, 0) is 61.9 Å². The standard InChI is InChI=1S/C23H23ClN2O4S/c1-3-30-19-6-4-5-17(13-19)15-25-23(27)21-14-18(9-12-22(21)24)26-31(28,29)20-10-7-16(2)8-11-20/h4-14,26H,3,15H2,1-2H3,(H,25,27). The summed E-state index contributed by atoms with van der Waals surface area (Å²) in [6, 6.07) is 18.3. The highest BCUT2D eigenvalue weighted by molar-refractivity contribution is 7.92. The third-order valence-corrected chi connectivity index (χ3v) is 6.18. The maximum Gasteiger partial charge on any atom is 0.261 e. The first kappa shape index (κ1) is 22.7. The molecule has 0 aliphatic carbocycles. The van der Waals surface area contributed by atoms with E-state index in [1.165, 1.54) is 30.3 Å². The largest absolute Gasteiger partial charge is 0.494 e. The Balaban J connectivity index is 1.73. The molecule has 31 heavy (non-hydrogen) atoms. The third-order valence-electron chi connectivity index (χ3n) is 4.46. The number of rotatable bonds is 8. The van der Waals surface area contributed by atoms with E-state index in [-0.39, 0.29) is 27.7 Å². The van der Waals surface area contributed by atoms with E-state index in [0.29, 0.717) is 6.61 Å². The molecule has 0 aromatic heterocycles. The number of carbonyl (C=O) groups excluding carboxylic acids is 1. The van der Waals surface area contributed by atoms with Gasteiger partial charge in [-0.3, -0.25) is 9.52 Å². The number of anilines is 1. The Labute approximate surface area is 187 Å². The van der Waals surface area contributed by atoms with Crippen LogP contribution in [-0.4, -0.2) is 20.9 Å². The van der Waals surface area contributed by atoms with E-state index in [1.54, 1.807) is 12.1 Å². The molecule has 162 valence electrons. The minimum atomic E-state index is -3.79. The molecule has 0 spiro atoms. The maximum atomic E-state index is 12.7. The van der Waals surface area contributed by atoms with Crippen LogP contribution in [0.1, 0.15) is 28.4 Å². The van der Waals surface area contributed by atoms with Crippen molar-refractivity contribution in [3.8, 4) is 5.75 Å². The van der Waals surface area contributed by atoms with Crippen LogP contribution in [0.3, 0.4) is 0 Å². The van der Waals surface area contributed by atoms with Crippen LogP contribution in [0.25, 0.3) is 0 Å². The molecule has 3 aromatic carbocycles. The van der Waals surface area contributed by atoms with Crippen LogP contribution in [0, 0.1) is 6.92 Å². The molecule has 0 radical (unpaired) electrons. The predicted octanol–water partition coefficient (Wildman–Crippen LogP) is 4.78. The molecule has 3 aromatic rings. The van der Waals surface area contributed by atoms with Crippen molar-refractivity contribution in [3.63, 3.8) is 0 Å². The smallest absolute Gasteiger partial charge is 0.261 e. The quantitative estimate of drug-likeness (QED) is 0.508. The highest BCUT2D eigenvalue weighted by Crippen LogP contribution is 2.23. The molecule has 1 amide bonds. The monoisotopic (exact) mass is 458 g/mol. The van der Waals surface area contributed by atoms with Crippen molar-refractivity contribution >= 4 is 33.2 Å². The van der Waals surface area contributed by atoms with E-state index in [4.69, 9.17) is 16.3 Å². The van der Waals surface area contributed by atoms with Crippen LogP contribution >= 0.6 is 11.6 Å². The fourth-order valence-electron chi connectivity index (χ4n) is 2.88. The number of halogens is 1. The lowest BCUT2D eigenvalue weighted by molar-refractivity contribution is 0.0951. The molecule has 8 heteroatoms. The minimum absolute atomic E-state index is 0.133. The summed E-state index contributed by atoms with van der Waals surface area (Å²) in [5.74, 6) is 0.308. The average Bonchev–Trinajstić information content (AvgIpc) is 2.74. The number of benzene rings is 3. The fraction of sp³-hybridized carbons (Fsp3) is 0.174. The van der Waals surface area contributed by atoms with E-state index in [0.717, 1.165) is 16.9 Å². The summed E-state index contributed by atoms with van der Waals surface area (Å²) >= 11 is 6.19. The summed E-state index contributed by atoms with van der Waals surface area (Å²) < 4.78 is 33.2. The van der Waals surface area contributed by atoms with Crippen molar-refractivity contribution in [1.29, 1.82) is 0 Å². The number of amides is 1. The first-order valence-corrected chi connectivity index (χ1v) is 11.5. The Morgan fingerprint density at radius 1 is 1.03 bits per heavy atom. The molecular formula is C23H23ClN2O4S.